The minimum Gasteiger partial charge on any atom is -0.305 e. The number of hydrogen-bond donors (Lipinski definition) is 0. The molecule has 0 bridgehead atoms. The Hall–Kier alpha value is -2.59. The molecule has 0 spiro atoms. The van der Waals surface area contributed by atoms with Gasteiger partial charge in [-0.3, -0.25) is 4.79 Å². The molecule has 1 amide bonds. The highest BCUT2D eigenvalue weighted by Crippen LogP contribution is 2.35. The number of aryl methyl sites for hydroxylation is 1. The van der Waals surface area contributed by atoms with Gasteiger partial charge in [-0.15, -0.1) is 0 Å². The molecule has 4 nitrogen and oxygen atoms in total. The van der Waals surface area contributed by atoms with Crippen molar-refractivity contribution in [2.45, 2.75) is 26.3 Å². The van der Waals surface area contributed by atoms with Gasteiger partial charge in [0.1, 0.15) is 10.7 Å². The minimum absolute atomic E-state index is 0.0952. The quantitative estimate of drug-likeness (QED) is 0.685. The standard InChI is InChI=1S/C20H18ClN3O/c1-13-12-15-8-6-7-11-17(15)23(13)20(25)18-14(2)22-24(19(18)21)16-9-4-3-5-10-16/h3-11,13H,12H2,1-2H3/t13-/m1/s1. The highest BCUT2D eigenvalue weighted by atomic mass is 35.5. The fourth-order valence-electron chi connectivity index (χ4n) is 3.48. The van der Waals surface area contributed by atoms with E-state index in [4.69, 9.17) is 11.6 Å². The lowest BCUT2D eigenvalue weighted by molar-refractivity contribution is 0.0981. The highest BCUT2D eigenvalue weighted by Gasteiger charge is 2.34. The number of fused-ring (bicyclic) bond motifs is 1. The van der Waals surface area contributed by atoms with Crippen molar-refractivity contribution in [3.63, 3.8) is 0 Å². The van der Waals surface area contributed by atoms with E-state index in [1.807, 2.05) is 60.4 Å². The van der Waals surface area contributed by atoms with E-state index in [1.54, 1.807) is 4.68 Å². The lowest BCUT2D eigenvalue weighted by Crippen LogP contribution is -2.36. The molecule has 25 heavy (non-hydrogen) atoms. The van der Waals surface area contributed by atoms with Gasteiger partial charge in [0.05, 0.1) is 11.4 Å². The summed E-state index contributed by atoms with van der Waals surface area (Å²) in [5.41, 5.74) is 4.09. The topological polar surface area (TPSA) is 38.1 Å². The molecule has 0 aliphatic carbocycles. The summed E-state index contributed by atoms with van der Waals surface area (Å²) in [4.78, 5) is 15.1. The molecule has 2 aromatic carbocycles. The number of rotatable bonds is 2. The number of anilines is 1. The summed E-state index contributed by atoms with van der Waals surface area (Å²) in [6.07, 6.45) is 0.853. The van der Waals surface area contributed by atoms with Gasteiger partial charge >= 0.3 is 0 Å². The van der Waals surface area contributed by atoms with E-state index in [9.17, 15) is 4.79 Å². The fourth-order valence-corrected chi connectivity index (χ4v) is 3.83. The van der Waals surface area contributed by atoms with Crippen LogP contribution in [0.15, 0.2) is 54.6 Å². The number of carbonyl (C=O) groups is 1. The Morgan fingerprint density at radius 2 is 1.80 bits per heavy atom. The average molecular weight is 352 g/mol. The second-order valence-corrected chi connectivity index (χ2v) is 6.71. The zero-order valence-electron chi connectivity index (χ0n) is 14.1. The SMILES string of the molecule is Cc1nn(-c2ccccc2)c(Cl)c1C(=O)N1c2ccccc2C[C@H]1C. The molecular formula is C20H18ClN3O. The zero-order valence-corrected chi connectivity index (χ0v) is 14.9. The normalized spacial score (nSPS) is 16.1. The smallest absolute Gasteiger partial charge is 0.263 e. The number of benzene rings is 2. The first-order valence-corrected chi connectivity index (χ1v) is 8.67. The Balaban J connectivity index is 1.78. The van der Waals surface area contributed by atoms with E-state index in [2.05, 4.69) is 18.1 Å². The first-order chi connectivity index (χ1) is 12.1. The molecule has 0 fully saturated rings. The number of para-hydroxylation sites is 2. The van der Waals surface area contributed by atoms with Crippen LogP contribution in [0.4, 0.5) is 5.69 Å². The molecule has 3 aromatic rings. The van der Waals surface area contributed by atoms with Crippen molar-refractivity contribution in [3.05, 3.63) is 76.6 Å². The number of nitrogens with zero attached hydrogens (tertiary/aromatic N) is 3. The molecule has 126 valence electrons. The molecule has 0 saturated heterocycles. The predicted octanol–water partition coefficient (Wildman–Crippen LogP) is 4.43. The van der Waals surface area contributed by atoms with Gasteiger partial charge < -0.3 is 4.90 Å². The van der Waals surface area contributed by atoms with Gasteiger partial charge in [0.15, 0.2) is 0 Å². The molecule has 0 saturated carbocycles. The fraction of sp³-hybridized carbons (Fsp3) is 0.200. The van der Waals surface area contributed by atoms with Crippen molar-refractivity contribution in [3.8, 4) is 5.69 Å². The van der Waals surface area contributed by atoms with E-state index in [0.717, 1.165) is 17.8 Å². The second kappa shape index (κ2) is 6.05. The largest absolute Gasteiger partial charge is 0.305 e. The summed E-state index contributed by atoms with van der Waals surface area (Å²) in [6.45, 7) is 3.88. The number of aromatic nitrogens is 2. The van der Waals surface area contributed by atoms with Crippen molar-refractivity contribution in [2.24, 2.45) is 0 Å². The summed E-state index contributed by atoms with van der Waals surface area (Å²) >= 11 is 6.57. The third kappa shape index (κ3) is 2.53. The van der Waals surface area contributed by atoms with E-state index in [1.165, 1.54) is 5.56 Å². The average Bonchev–Trinajstić information content (AvgIpc) is 3.10. The molecule has 5 heteroatoms. The van der Waals surface area contributed by atoms with E-state index in [-0.39, 0.29) is 11.9 Å². The summed E-state index contributed by atoms with van der Waals surface area (Å²) in [6, 6.07) is 17.7. The predicted molar refractivity (Wildman–Crippen MR) is 99.7 cm³/mol. The monoisotopic (exact) mass is 351 g/mol. The van der Waals surface area contributed by atoms with Crippen LogP contribution in [-0.2, 0) is 6.42 Å². The van der Waals surface area contributed by atoms with Gasteiger partial charge in [0.25, 0.3) is 5.91 Å². The van der Waals surface area contributed by atoms with Crippen LogP contribution < -0.4 is 4.90 Å². The molecule has 0 N–H and O–H groups in total. The first-order valence-electron chi connectivity index (χ1n) is 8.30. The van der Waals surface area contributed by atoms with Crippen LogP contribution in [0.2, 0.25) is 5.15 Å². The van der Waals surface area contributed by atoms with Crippen molar-refractivity contribution < 1.29 is 4.79 Å². The molecular weight excluding hydrogens is 334 g/mol. The van der Waals surface area contributed by atoms with Crippen molar-refractivity contribution in [1.82, 2.24) is 9.78 Å². The molecule has 0 radical (unpaired) electrons. The Morgan fingerprint density at radius 1 is 1.12 bits per heavy atom. The Morgan fingerprint density at radius 3 is 2.56 bits per heavy atom. The highest BCUT2D eigenvalue weighted by molar-refractivity contribution is 6.34. The molecule has 1 aromatic heterocycles. The number of hydrogen-bond acceptors (Lipinski definition) is 2. The van der Waals surface area contributed by atoms with Gasteiger partial charge in [0, 0.05) is 11.7 Å². The second-order valence-electron chi connectivity index (χ2n) is 6.36. The molecule has 1 aliphatic rings. The molecule has 2 heterocycles. The Labute approximate surface area is 151 Å². The molecule has 1 atom stereocenters. The van der Waals surface area contributed by atoms with Crippen molar-refractivity contribution in [1.29, 1.82) is 0 Å². The minimum atomic E-state index is -0.0952. The van der Waals surface area contributed by atoms with E-state index < -0.39 is 0 Å². The van der Waals surface area contributed by atoms with E-state index >= 15 is 0 Å². The van der Waals surface area contributed by atoms with Crippen molar-refractivity contribution >= 4 is 23.2 Å². The Bertz CT molecular complexity index is 949. The van der Waals surface area contributed by atoms with Gasteiger partial charge in [-0.1, -0.05) is 48.0 Å². The summed E-state index contributed by atoms with van der Waals surface area (Å²) < 4.78 is 1.62. The summed E-state index contributed by atoms with van der Waals surface area (Å²) in [7, 11) is 0. The van der Waals surface area contributed by atoms with Gasteiger partial charge in [0.2, 0.25) is 0 Å². The van der Waals surface area contributed by atoms with Crippen LogP contribution >= 0.6 is 11.6 Å². The number of carbonyl (C=O) groups excluding carboxylic acids is 1. The zero-order chi connectivity index (χ0) is 17.6. The van der Waals surface area contributed by atoms with Crippen LogP contribution in [0.3, 0.4) is 0 Å². The third-order valence-corrected chi connectivity index (χ3v) is 4.99. The first kappa shape index (κ1) is 15.9. The van der Waals surface area contributed by atoms with Gasteiger partial charge in [-0.25, -0.2) is 4.68 Å². The Kier molecular flexibility index (Phi) is 3.85. The lowest BCUT2D eigenvalue weighted by Gasteiger charge is -2.22. The number of amides is 1. The van der Waals surface area contributed by atoms with Gasteiger partial charge in [-0.2, -0.15) is 5.10 Å². The lowest BCUT2D eigenvalue weighted by atomic mass is 10.1. The third-order valence-electron chi connectivity index (χ3n) is 4.64. The van der Waals surface area contributed by atoms with E-state index in [0.29, 0.717) is 16.4 Å². The van der Waals surface area contributed by atoms with Crippen LogP contribution in [-0.4, -0.2) is 21.7 Å². The maximum Gasteiger partial charge on any atom is 0.263 e. The van der Waals surface area contributed by atoms with Crippen LogP contribution in [0.5, 0.6) is 0 Å². The summed E-state index contributed by atoms with van der Waals surface area (Å²) in [5.74, 6) is -0.0952. The molecule has 1 aliphatic heterocycles. The van der Waals surface area contributed by atoms with Crippen LogP contribution in [0.1, 0.15) is 28.5 Å². The molecule has 0 unspecified atom stereocenters. The number of halogens is 1. The summed E-state index contributed by atoms with van der Waals surface area (Å²) in [5, 5.41) is 4.84. The maximum absolute atomic E-state index is 13.3. The van der Waals surface area contributed by atoms with Crippen LogP contribution in [0.25, 0.3) is 5.69 Å². The van der Waals surface area contributed by atoms with Gasteiger partial charge in [-0.05, 0) is 44.0 Å². The molecule has 4 rings (SSSR count). The van der Waals surface area contributed by atoms with Crippen LogP contribution in [0, 0.1) is 6.92 Å². The maximum atomic E-state index is 13.3. The van der Waals surface area contributed by atoms with Crippen molar-refractivity contribution in [2.75, 3.05) is 4.90 Å².